The van der Waals surface area contributed by atoms with E-state index in [1.54, 1.807) is 40.2 Å². The molecular weight excluding hydrogens is 360 g/mol. The van der Waals surface area contributed by atoms with Gasteiger partial charge in [0, 0.05) is 19.2 Å². The van der Waals surface area contributed by atoms with Crippen molar-refractivity contribution in [1.29, 1.82) is 10.5 Å². The number of aromatic nitrogens is 2. The van der Waals surface area contributed by atoms with E-state index in [9.17, 15) is 10.1 Å². The average molecular weight is 378 g/mol. The molecule has 4 rings (SSSR count). The second-order valence-electron chi connectivity index (χ2n) is 6.76. The van der Waals surface area contributed by atoms with Gasteiger partial charge in [-0.2, -0.15) is 10.5 Å². The first-order valence-electron chi connectivity index (χ1n) is 8.94. The summed E-state index contributed by atoms with van der Waals surface area (Å²) in [6, 6.07) is 7.38. The number of benzene rings is 1. The van der Waals surface area contributed by atoms with Crippen molar-refractivity contribution >= 4 is 11.7 Å². The lowest BCUT2D eigenvalue weighted by molar-refractivity contribution is -0.119. The van der Waals surface area contributed by atoms with Gasteiger partial charge in [-0.05, 0) is 18.6 Å². The lowest BCUT2D eigenvalue weighted by Gasteiger charge is -2.27. The van der Waals surface area contributed by atoms with E-state index >= 15 is 0 Å². The number of likely N-dealkylation sites (tertiary alicyclic amines) is 1. The van der Waals surface area contributed by atoms with E-state index in [4.69, 9.17) is 14.7 Å². The van der Waals surface area contributed by atoms with Crippen molar-refractivity contribution in [2.45, 2.75) is 12.5 Å². The number of nitriles is 2. The Labute approximate surface area is 161 Å². The minimum atomic E-state index is -0.218. The molecule has 28 heavy (non-hydrogen) atoms. The first-order chi connectivity index (χ1) is 13.7. The summed E-state index contributed by atoms with van der Waals surface area (Å²) in [5.74, 6) is 0.566. The molecule has 2 aliphatic heterocycles. The van der Waals surface area contributed by atoms with E-state index in [2.05, 4.69) is 22.6 Å². The van der Waals surface area contributed by atoms with Gasteiger partial charge in [-0.25, -0.2) is 4.98 Å². The van der Waals surface area contributed by atoms with Crippen molar-refractivity contribution in [1.82, 2.24) is 14.5 Å². The maximum Gasteiger partial charge on any atom is 0.230 e. The van der Waals surface area contributed by atoms with Gasteiger partial charge in [0.15, 0.2) is 12.0 Å². The zero-order valence-electron chi connectivity index (χ0n) is 15.0. The zero-order chi connectivity index (χ0) is 19.5. The molecule has 9 heteroatoms. The molecular formula is C19H18N6O3. The van der Waals surface area contributed by atoms with Crippen LogP contribution in [0, 0.1) is 28.7 Å². The van der Waals surface area contributed by atoms with E-state index < -0.39 is 0 Å². The second kappa shape index (κ2) is 7.59. The van der Waals surface area contributed by atoms with Gasteiger partial charge >= 0.3 is 0 Å². The van der Waals surface area contributed by atoms with Crippen LogP contribution in [-0.2, 0) is 9.53 Å². The number of imidazole rings is 1. The molecule has 0 aliphatic carbocycles. The summed E-state index contributed by atoms with van der Waals surface area (Å²) >= 11 is 0. The van der Waals surface area contributed by atoms with Crippen LogP contribution in [0.4, 0.5) is 5.82 Å². The molecule has 0 saturated carbocycles. The van der Waals surface area contributed by atoms with Crippen LogP contribution in [0.25, 0.3) is 5.69 Å². The molecule has 9 nitrogen and oxygen atoms in total. The van der Waals surface area contributed by atoms with Crippen LogP contribution in [0.5, 0.6) is 5.75 Å². The van der Waals surface area contributed by atoms with Gasteiger partial charge in [0.05, 0.1) is 36.6 Å². The van der Waals surface area contributed by atoms with Crippen molar-refractivity contribution in [3.05, 3.63) is 36.3 Å². The Bertz CT molecular complexity index is 969. The third-order valence-electron chi connectivity index (χ3n) is 4.82. The van der Waals surface area contributed by atoms with E-state index in [0.29, 0.717) is 49.9 Å². The Morgan fingerprint density at radius 1 is 1.36 bits per heavy atom. The summed E-state index contributed by atoms with van der Waals surface area (Å²) in [4.78, 5) is 18.2. The normalized spacial score (nSPS) is 18.8. The monoisotopic (exact) mass is 378 g/mol. The molecule has 0 unspecified atom stereocenters. The number of hydrogen-bond acceptors (Lipinski definition) is 7. The Kier molecular flexibility index (Phi) is 4.83. The van der Waals surface area contributed by atoms with Crippen molar-refractivity contribution in [3.63, 3.8) is 0 Å². The number of carbonyl (C=O) groups is 1. The molecule has 142 valence electrons. The minimum Gasteiger partial charge on any atom is -0.484 e. The largest absolute Gasteiger partial charge is 0.484 e. The number of nitrogens with zero attached hydrogens (tertiary/aromatic N) is 5. The highest BCUT2D eigenvalue weighted by atomic mass is 16.6. The number of hydrogen-bond donors (Lipinski definition) is 1. The van der Waals surface area contributed by atoms with Crippen LogP contribution < -0.4 is 10.1 Å². The van der Waals surface area contributed by atoms with Gasteiger partial charge < -0.3 is 24.3 Å². The van der Waals surface area contributed by atoms with E-state index in [0.717, 1.165) is 5.69 Å². The number of carbonyl (C=O) groups excluding carboxylic acids is 1. The van der Waals surface area contributed by atoms with Crippen LogP contribution in [0.1, 0.15) is 12.0 Å². The summed E-state index contributed by atoms with van der Waals surface area (Å²) < 4.78 is 12.7. The first-order valence-corrected chi connectivity index (χ1v) is 8.94. The number of rotatable bonds is 5. The van der Waals surface area contributed by atoms with Crippen molar-refractivity contribution in [2.24, 2.45) is 5.92 Å². The van der Waals surface area contributed by atoms with E-state index in [1.165, 1.54) is 0 Å². The first kappa shape index (κ1) is 17.8. The number of anilines is 1. The highest BCUT2D eigenvalue weighted by Gasteiger charge is 2.28. The summed E-state index contributed by atoms with van der Waals surface area (Å²) in [6.45, 7) is 2.06. The van der Waals surface area contributed by atoms with Gasteiger partial charge in [-0.15, -0.1) is 0 Å². The van der Waals surface area contributed by atoms with Gasteiger partial charge in [0.25, 0.3) is 0 Å². The predicted molar refractivity (Wildman–Crippen MR) is 97.4 cm³/mol. The molecule has 1 N–H and O–H groups in total. The molecule has 2 fully saturated rings. The van der Waals surface area contributed by atoms with E-state index in [-0.39, 0.29) is 17.9 Å². The van der Waals surface area contributed by atoms with Gasteiger partial charge in [-0.1, -0.05) is 0 Å². The fourth-order valence-electron chi connectivity index (χ4n) is 3.15. The third kappa shape index (κ3) is 3.61. The maximum atomic E-state index is 12.4. The molecule has 2 aliphatic rings. The molecule has 1 aromatic heterocycles. The molecule has 0 radical (unpaired) electrons. The zero-order valence-corrected chi connectivity index (χ0v) is 15.0. The highest BCUT2D eigenvalue weighted by Crippen LogP contribution is 2.25. The maximum absolute atomic E-state index is 12.4. The lowest BCUT2D eigenvalue weighted by Crippen LogP contribution is -2.38. The summed E-state index contributed by atoms with van der Waals surface area (Å²) in [7, 11) is 0. The van der Waals surface area contributed by atoms with E-state index in [1.807, 2.05) is 0 Å². The predicted octanol–water partition coefficient (Wildman–Crippen LogP) is 1.26. The van der Waals surface area contributed by atoms with Gasteiger partial charge in [0.2, 0.25) is 5.91 Å². The summed E-state index contributed by atoms with van der Waals surface area (Å²) in [5.41, 5.74) is 1.21. The number of ether oxygens (including phenoxy) is 2. The Morgan fingerprint density at radius 3 is 2.89 bits per heavy atom. The molecule has 2 saturated heterocycles. The minimum absolute atomic E-state index is 0.0422. The fraction of sp³-hybridized carbons (Fsp3) is 0.368. The Morgan fingerprint density at radius 2 is 2.21 bits per heavy atom. The lowest BCUT2D eigenvalue weighted by atomic mass is 10.1. The van der Waals surface area contributed by atoms with Crippen LogP contribution in [-0.4, -0.2) is 52.8 Å². The molecule has 1 atom stereocenters. The molecule has 1 amide bonds. The second-order valence-corrected chi connectivity index (χ2v) is 6.76. The molecule has 2 aromatic rings. The third-order valence-corrected chi connectivity index (χ3v) is 4.82. The number of nitrogens with one attached hydrogen (secondary N) is 1. The molecule has 0 bridgehead atoms. The SMILES string of the molecule is N#Cc1ccc(-n2cnc(NC(=O)[C@H]3CCN(C#N)C3)c2)cc1OC1COC1. The fourth-order valence-corrected chi connectivity index (χ4v) is 3.15. The Balaban J connectivity index is 1.46. The van der Waals surface area contributed by atoms with Crippen molar-refractivity contribution in [3.8, 4) is 23.7 Å². The summed E-state index contributed by atoms with van der Waals surface area (Å²) in [6.07, 6.45) is 5.97. The molecule has 3 heterocycles. The standard InChI is InChI=1S/C19H18N6O3/c20-6-13-1-2-15(5-17(13)28-16-9-27-10-16)25-8-18(22-12-25)23-19(26)14-3-4-24(7-14)11-21/h1-2,5,8,12,14,16H,3-4,7,9-10H2,(H,23,26)/t14-/m0/s1. The average Bonchev–Trinajstić information content (AvgIpc) is 3.34. The molecule has 0 spiro atoms. The van der Waals surface area contributed by atoms with Crippen molar-refractivity contribution in [2.75, 3.05) is 31.6 Å². The summed E-state index contributed by atoms with van der Waals surface area (Å²) in [5, 5.41) is 21.0. The quantitative estimate of drug-likeness (QED) is 0.779. The molecule has 1 aromatic carbocycles. The Hall–Kier alpha value is -3.56. The highest BCUT2D eigenvalue weighted by molar-refractivity contribution is 5.92. The van der Waals surface area contributed by atoms with Gasteiger partial charge in [0.1, 0.15) is 24.3 Å². The van der Waals surface area contributed by atoms with Crippen LogP contribution >= 0.6 is 0 Å². The van der Waals surface area contributed by atoms with Gasteiger partial charge in [-0.3, -0.25) is 4.79 Å². The van der Waals surface area contributed by atoms with Crippen molar-refractivity contribution < 1.29 is 14.3 Å². The number of amides is 1. The topological polar surface area (TPSA) is 116 Å². The van der Waals surface area contributed by atoms with Crippen LogP contribution in [0.15, 0.2) is 30.7 Å². The smallest absolute Gasteiger partial charge is 0.230 e. The van der Waals surface area contributed by atoms with Crippen LogP contribution in [0.3, 0.4) is 0 Å². The van der Waals surface area contributed by atoms with Crippen LogP contribution in [0.2, 0.25) is 0 Å².